The lowest BCUT2D eigenvalue weighted by Crippen LogP contribution is -2.47. The zero-order chi connectivity index (χ0) is 14.0. The van der Waals surface area contributed by atoms with Crippen molar-refractivity contribution in [2.45, 2.75) is 32.5 Å². The highest BCUT2D eigenvalue weighted by atomic mass is 19.4. The zero-order valence-corrected chi connectivity index (χ0v) is 10.7. The van der Waals surface area contributed by atoms with Gasteiger partial charge in [-0.25, -0.2) is 0 Å². The largest absolute Gasteiger partial charge is 0.433 e. The van der Waals surface area contributed by atoms with Crippen LogP contribution >= 0.6 is 0 Å². The summed E-state index contributed by atoms with van der Waals surface area (Å²) in [5, 5.41) is 3.05. The Kier molecular flexibility index (Phi) is 4.21. The molecule has 0 aliphatic rings. The SMILES string of the molecule is CC(C)C(C)(CN)Nc1ccnc(C(F)(F)F)c1. The molecule has 1 aromatic rings. The molecule has 6 heteroatoms. The van der Waals surface area contributed by atoms with E-state index in [0.717, 1.165) is 12.3 Å². The Morgan fingerprint density at radius 1 is 1.39 bits per heavy atom. The molecule has 0 aromatic carbocycles. The number of nitrogens with zero attached hydrogens (tertiary/aromatic N) is 1. The molecule has 1 rings (SSSR count). The van der Waals surface area contributed by atoms with E-state index in [1.165, 1.54) is 6.07 Å². The first-order valence-electron chi connectivity index (χ1n) is 5.70. The lowest BCUT2D eigenvalue weighted by atomic mass is 9.88. The van der Waals surface area contributed by atoms with Gasteiger partial charge in [0.15, 0.2) is 0 Å². The first-order valence-corrected chi connectivity index (χ1v) is 5.70. The number of alkyl halides is 3. The second-order valence-corrected chi connectivity index (χ2v) is 4.83. The van der Waals surface area contributed by atoms with Gasteiger partial charge in [0.2, 0.25) is 0 Å². The number of hydrogen-bond donors (Lipinski definition) is 2. The van der Waals surface area contributed by atoms with Crippen LogP contribution in [0.3, 0.4) is 0 Å². The molecule has 0 radical (unpaired) electrons. The Balaban J connectivity index is 2.98. The summed E-state index contributed by atoms with van der Waals surface area (Å²) < 4.78 is 37.6. The minimum Gasteiger partial charge on any atom is -0.378 e. The molecule has 0 aliphatic heterocycles. The van der Waals surface area contributed by atoms with Crippen molar-refractivity contribution in [3.63, 3.8) is 0 Å². The minimum atomic E-state index is -4.44. The van der Waals surface area contributed by atoms with Gasteiger partial charge in [-0.3, -0.25) is 4.98 Å². The average Bonchev–Trinajstić information content (AvgIpc) is 2.28. The second-order valence-electron chi connectivity index (χ2n) is 4.83. The van der Waals surface area contributed by atoms with Crippen LogP contribution in [-0.4, -0.2) is 17.1 Å². The number of anilines is 1. The highest BCUT2D eigenvalue weighted by Gasteiger charge is 2.33. The van der Waals surface area contributed by atoms with Crippen molar-refractivity contribution in [3.05, 3.63) is 24.0 Å². The monoisotopic (exact) mass is 261 g/mol. The van der Waals surface area contributed by atoms with Crippen molar-refractivity contribution in [1.29, 1.82) is 0 Å². The molecule has 0 amide bonds. The van der Waals surface area contributed by atoms with E-state index in [2.05, 4.69) is 10.3 Å². The van der Waals surface area contributed by atoms with Crippen LogP contribution in [0.5, 0.6) is 0 Å². The average molecular weight is 261 g/mol. The van der Waals surface area contributed by atoms with Crippen LogP contribution in [0.15, 0.2) is 18.3 Å². The van der Waals surface area contributed by atoms with Gasteiger partial charge in [-0.2, -0.15) is 13.2 Å². The lowest BCUT2D eigenvalue weighted by molar-refractivity contribution is -0.141. The van der Waals surface area contributed by atoms with Gasteiger partial charge in [-0.1, -0.05) is 13.8 Å². The molecule has 0 bridgehead atoms. The first-order chi connectivity index (χ1) is 8.19. The molecule has 0 fully saturated rings. The van der Waals surface area contributed by atoms with Crippen molar-refractivity contribution in [2.75, 3.05) is 11.9 Å². The number of pyridine rings is 1. The van der Waals surface area contributed by atoms with Crippen molar-refractivity contribution >= 4 is 5.69 Å². The molecule has 3 nitrogen and oxygen atoms in total. The van der Waals surface area contributed by atoms with Crippen molar-refractivity contribution in [2.24, 2.45) is 11.7 Å². The summed E-state index contributed by atoms with van der Waals surface area (Å²) in [4.78, 5) is 3.32. The van der Waals surface area contributed by atoms with E-state index in [4.69, 9.17) is 5.73 Å². The number of halogens is 3. The van der Waals surface area contributed by atoms with Crippen LogP contribution in [0.25, 0.3) is 0 Å². The standard InChI is InChI=1S/C12H18F3N3/c1-8(2)11(3,7-16)18-9-4-5-17-10(6-9)12(13,14)15/h4-6,8H,7,16H2,1-3H3,(H,17,18). The summed E-state index contributed by atoms with van der Waals surface area (Å²) in [6, 6.07) is 2.50. The van der Waals surface area contributed by atoms with Gasteiger partial charge >= 0.3 is 6.18 Å². The third kappa shape index (κ3) is 3.35. The number of nitrogens with one attached hydrogen (secondary N) is 1. The molecular formula is C12H18F3N3. The van der Waals surface area contributed by atoms with E-state index in [1.54, 1.807) is 0 Å². The summed E-state index contributed by atoms with van der Waals surface area (Å²) in [5.74, 6) is 0.185. The molecule has 0 spiro atoms. The van der Waals surface area contributed by atoms with Gasteiger partial charge in [0.1, 0.15) is 5.69 Å². The molecule has 0 saturated heterocycles. The Bertz CT molecular complexity index is 404. The molecule has 3 N–H and O–H groups in total. The maximum atomic E-state index is 12.5. The van der Waals surface area contributed by atoms with E-state index in [1.807, 2.05) is 20.8 Å². The molecule has 1 aromatic heterocycles. The predicted octanol–water partition coefficient (Wildman–Crippen LogP) is 2.89. The number of hydrogen-bond acceptors (Lipinski definition) is 3. The fourth-order valence-electron chi connectivity index (χ4n) is 1.42. The van der Waals surface area contributed by atoms with Gasteiger partial charge in [0.25, 0.3) is 0 Å². The number of rotatable bonds is 4. The second kappa shape index (κ2) is 5.14. The van der Waals surface area contributed by atoms with Crippen molar-refractivity contribution < 1.29 is 13.2 Å². The Hall–Kier alpha value is -1.30. The summed E-state index contributed by atoms with van der Waals surface area (Å²) >= 11 is 0. The third-order valence-corrected chi connectivity index (χ3v) is 3.18. The molecule has 1 atom stereocenters. The molecule has 0 saturated carbocycles. The van der Waals surface area contributed by atoms with Gasteiger partial charge < -0.3 is 11.1 Å². The van der Waals surface area contributed by atoms with Gasteiger partial charge in [0, 0.05) is 24.0 Å². The van der Waals surface area contributed by atoms with E-state index in [-0.39, 0.29) is 5.92 Å². The van der Waals surface area contributed by atoms with Crippen LogP contribution in [0, 0.1) is 5.92 Å². The topological polar surface area (TPSA) is 50.9 Å². The van der Waals surface area contributed by atoms with E-state index >= 15 is 0 Å². The van der Waals surface area contributed by atoms with E-state index in [9.17, 15) is 13.2 Å². The maximum Gasteiger partial charge on any atom is 0.433 e. The summed E-state index contributed by atoms with van der Waals surface area (Å²) in [6.07, 6.45) is -3.29. The summed E-state index contributed by atoms with van der Waals surface area (Å²) in [7, 11) is 0. The highest BCUT2D eigenvalue weighted by Crippen LogP contribution is 2.30. The van der Waals surface area contributed by atoms with Crippen LogP contribution in [-0.2, 0) is 6.18 Å². The van der Waals surface area contributed by atoms with Gasteiger partial charge in [-0.15, -0.1) is 0 Å². The van der Waals surface area contributed by atoms with Crippen LogP contribution in [0.1, 0.15) is 26.5 Å². The number of aromatic nitrogens is 1. The van der Waals surface area contributed by atoms with Crippen molar-refractivity contribution in [3.8, 4) is 0 Å². The van der Waals surface area contributed by atoms with Crippen molar-refractivity contribution in [1.82, 2.24) is 4.98 Å². The van der Waals surface area contributed by atoms with E-state index in [0.29, 0.717) is 12.2 Å². The quantitative estimate of drug-likeness (QED) is 0.876. The Morgan fingerprint density at radius 2 is 2.00 bits per heavy atom. The fourth-order valence-corrected chi connectivity index (χ4v) is 1.42. The van der Waals surface area contributed by atoms with Gasteiger partial charge in [-0.05, 0) is 25.0 Å². The lowest BCUT2D eigenvalue weighted by Gasteiger charge is -2.34. The number of nitrogens with two attached hydrogens (primary N) is 1. The third-order valence-electron chi connectivity index (χ3n) is 3.18. The highest BCUT2D eigenvalue weighted by molar-refractivity contribution is 5.46. The Labute approximate surface area is 105 Å². The molecule has 1 heterocycles. The normalized spacial score (nSPS) is 15.6. The van der Waals surface area contributed by atoms with Crippen LogP contribution in [0.4, 0.5) is 18.9 Å². The minimum absolute atomic E-state index is 0.185. The Morgan fingerprint density at radius 3 is 2.44 bits per heavy atom. The molecular weight excluding hydrogens is 243 g/mol. The first kappa shape index (κ1) is 14.8. The van der Waals surface area contributed by atoms with E-state index < -0.39 is 17.4 Å². The fraction of sp³-hybridized carbons (Fsp3) is 0.583. The van der Waals surface area contributed by atoms with Gasteiger partial charge in [0.05, 0.1) is 0 Å². The van der Waals surface area contributed by atoms with Crippen LogP contribution < -0.4 is 11.1 Å². The molecule has 0 aliphatic carbocycles. The maximum absolute atomic E-state index is 12.5. The zero-order valence-electron chi connectivity index (χ0n) is 10.7. The summed E-state index contributed by atoms with van der Waals surface area (Å²) in [5.41, 5.74) is 4.69. The smallest absolute Gasteiger partial charge is 0.378 e. The molecule has 1 unspecified atom stereocenters. The molecule has 18 heavy (non-hydrogen) atoms. The summed E-state index contributed by atoms with van der Waals surface area (Å²) in [6.45, 7) is 6.14. The van der Waals surface area contributed by atoms with Crippen LogP contribution in [0.2, 0.25) is 0 Å². The molecule has 102 valence electrons. The predicted molar refractivity (Wildman–Crippen MR) is 65.2 cm³/mol.